The normalized spacial score (nSPS) is 11.1. The third-order valence-corrected chi connectivity index (χ3v) is 4.75. The smallest absolute Gasteiger partial charge is 0.267 e. The second-order valence-electron chi connectivity index (χ2n) is 6.76. The second-order valence-corrected chi connectivity index (χ2v) is 6.76. The van der Waals surface area contributed by atoms with E-state index in [-0.39, 0.29) is 0 Å². The Hall–Kier alpha value is -2.82. The zero-order valence-corrected chi connectivity index (χ0v) is 17.8. The van der Waals surface area contributed by atoms with Gasteiger partial charge in [0.15, 0.2) is 0 Å². The third kappa shape index (κ3) is 6.34. The van der Waals surface area contributed by atoms with Gasteiger partial charge in [0.2, 0.25) is 0 Å². The molecule has 0 unspecified atom stereocenters. The molecule has 0 bridgehead atoms. The van der Waals surface area contributed by atoms with E-state index in [0.29, 0.717) is 6.54 Å². The van der Waals surface area contributed by atoms with Crippen molar-refractivity contribution < 1.29 is 10.0 Å². The number of likely N-dealkylation sites (N-methyl/N-ethyl adjacent to an activating group) is 1. The van der Waals surface area contributed by atoms with Gasteiger partial charge >= 0.3 is 0 Å². The second kappa shape index (κ2) is 11.2. The van der Waals surface area contributed by atoms with Gasteiger partial charge in [-0.15, -0.1) is 0 Å². The first-order valence-corrected chi connectivity index (χ1v) is 10.1. The van der Waals surface area contributed by atoms with Crippen molar-refractivity contribution in [3.8, 4) is 12.0 Å². The highest BCUT2D eigenvalue weighted by atomic mass is 16.5. The Morgan fingerprint density at radius 1 is 1.31 bits per heavy atom. The molecule has 2 N–H and O–H groups in total. The molecule has 7 nitrogen and oxygen atoms in total. The Labute approximate surface area is 173 Å². The fourth-order valence-electron chi connectivity index (χ4n) is 3.13. The summed E-state index contributed by atoms with van der Waals surface area (Å²) in [6, 6.07) is 9.06. The predicted octanol–water partition coefficient (Wildman–Crippen LogP) is 2.70. The maximum absolute atomic E-state index is 11.2. The van der Waals surface area contributed by atoms with Crippen molar-refractivity contribution in [2.45, 2.75) is 40.3 Å². The fourth-order valence-corrected chi connectivity index (χ4v) is 3.13. The zero-order chi connectivity index (χ0) is 21.2. The van der Waals surface area contributed by atoms with Gasteiger partial charge in [-0.3, -0.25) is 10.0 Å². The number of rotatable bonds is 9. The Bertz CT molecular complexity index is 903. The molecule has 1 heterocycles. The van der Waals surface area contributed by atoms with Gasteiger partial charge in [0, 0.05) is 38.7 Å². The number of fused-ring (bicyclic) bond motifs is 1. The number of nitrogens with one attached hydrogen (secondary N) is 1. The molecule has 2 rings (SSSR count). The lowest BCUT2D eigenvalue weighted by atomic mass is 10.2. The Kier molecular flexibility index (Phi) is 8.71. The molecule has 156 valence electrons. The maximum atomic E-state index is 11.2. The lowest BCUT2D eigenvalue weighted by Crippen LogP contribution is -2.28. The van der Waals surface area contributed by atoms with Crippen molar-refractivity contribution in [1.29, 1.82) is 0 Å². The van der Waals surface area contributed by atoms with Crippen molar-refractivity contribution in [3.05, 3.63) is 35.7 Å². The van der Waals surface area contributed by atoms with Crippen LogP contribution in [0.2, 0.25) is 0 Å². The minimum atomic E-state index is -0.563. The Balaban J connectivity index is 2.37. The number of aromatic nitrogens is 2. The van der Waals surface area contributed by atoms with Gasteiger partial charge in [-0.1, -0.05) is 32.8 Å². The summed E-state index contributed by atoms with van der Waals surface area (Å²) in [6.07, 6.45) is 3.76. The molecular weight excluding hydrogens is 366 g/mol. The highest BCUT2D eigenvalue weighted by Crippen LogP contribution is 2.20. The molecule has 1 aromatic carbocycles. The van der Waals surface area contributed by atoms with E-state index in [1.54, 1.807) is 11.6 Å². The fraction of sp³-hybridized carbons (Fsp3) is 0.455. The van der Waals surface area contributed by atoms with Crippen molar-refractivity contribution in [1.82, 2.24) is 24.8 Å². The van der Waals surface area contributed by atoms with Crippen LogP contribution in [0, 0.1) is 12.0 Å². The Morgan fingerprint density at radius 3 is 2.72 bits per heavy atom. The largest absolute Gasteiger partial charge is 0.328 e. The molecule has 0 aliphatic rings. The van der Waals surface area contributed by atoms with E-state index in [1.165, 1.54) is 6.08 Å². The van der Waals surface area contributed by atoms with Crippen LogP contribution < -0.4 is 5.48 Å². The molecule has 0 spiro atoms. The summed E-state index contributed by atoms with van der Waals surface area (Å²) in [5.74, 6) is 3.50. The number of amides is 1. The van der Waals surface area contributed by atoms with Crippen LogP contribution in [0.15, 0.2) is 24.3 Å². The number of carbonyl (C=O) groups is 1. The molecule has 29 heavy (non-hydrogen) atoms. The summed E-state index contributed by atoms with van der Waals surface area (Å²) < 4.78 is 2.26. The number of nitrogens with zero attached hydrogens (tertiary/aromatic N) is 4. The number of benzene rings is 1. The van der Waals surface area contributed by atoms with Crippen LogP contribution in [-0.4, -0.2) is 57.1 Å². The van der Waals surface area contributed by atoms with E-state index < -0.39 is 5.91 Å². The summed E-state index contributed by atoms with van der Waals surface area (Å²) in [5, 5.41) is 8.63. The number of hydrogen-bond acceptors (Lipinski definition) is 5. The van der Waals surface area contributed by atoms with Crippen LogP contribution in [0.25, 0.3) is 17.1 Å². The Morgan fingerprint density at radius 2 is 2.07 bits per heavy atom. The molecule has 1 amide bonds. The molecule has 1 aromatic heterocycles. The first-order chi connectivity index (χ1) is 14.0. The standard InChI is InChI=1S/C22H31N5O2/c1-5-8-13-25(4)17-21-23-19-16-18(10-12-22(28)24-29)9-11-20(19)27(21)15-14-26(6-2)7-3/h9-12,16,29H,5-7,14-15,17H2,1-4H3,(H,24,28)/b12-10+. The van der Waals surface area contributed by atoms with Crippen molar-refractivity contribution in [2.75, 3.05) is 26.7 Å². The van der Waals surface area contributed by atoms with E-state index in [4.69, 9.17) is 10.2 Å². The zero-order valence-electron chi connectivity index (χ0n) is 17.8. The first kappa shape index (κ1) is 22.5. The minimum Gasteiger partial charge on any atom is -0.328 e. The topological polar surface area (TPSA) is 73.6 Å². The molecule has 0 fully saturated rings. The van der Waals surface area contributed by atoms with Crippen LogP contribution in [0.5, 0.6) is 0 Å². The number of hydrogen-bond donors (Lipinski definition) is 2. The summed E-state index contributed by atoms with van der Waals surface area (Å²) in [6.45, 7) is 10.9. The summed E-state index contributed by atoms with van der Waals surface area (Å²) in [5.41, 5.74) is 4.38. The summed E-state index contributed by atoms with van der Waals surface area (Å²) >= 11 is 0. The van der Waals surface area contributed by atoms with Gasteiger partial charge in [0.05, 0.1) is 17.6 Å². The number of imidazole rings is 1. The highest BCUT2D eigenvalue weighted by Gasteiger charge is 2.13. The van der Waals surface area contributed by atoms with E-state index in [1.807, 2.05) is 37.1 Å². The molecule has 0 aliphatic heterocycles. The van der Waals surface area contributed by atoms with Crippen LogP contribution in [0.1, 0.15) is 38.6 Å². The number of carbonyl (C=O) groups excluding carboxylic acids is 1. The van der Waals surface area contributed by atoms with Crippen LogP contribution in [-0.2, 0) is 17.9 Å². The van der Waals surface area contributed by atoms with Crippen LogP contribution >= 0.6 is 0 Å². The lowest BCUT2D eigenvalue weighted by Gasteiger charge is -2.20. The van der Waals surface area contributed by atoms with Gasteiger partial charge in [-0.05, 0) is 36.9 Å². The monoisotopic (exact) mass is 397 g/mol. The van der Waals surface area contributed by atoms with Gasteiger partial charge in [0.25, 0.3) is 5.91 Å². The molecule has 0 radical (unpaired) electrons. The highest BCUT2D eigenvalue weighted by molar-refractivity contribution is 5.91. The van der Waals surface area contributed by atoms with E-state index in [2.05, 4.69) is 35.3 Å². The quantitative estimate of drug-likeness (QED) is 0.224. The molecule has 0 saturated heterocycles. The van der Waals surface area contributed by atoms with Gasteiger partial charge in [0.1, 0.15) is 5.82 Å². The predicted molar refractivity (Wildman–Crippen MR) is 116 cm³/mol. The minimum absolute atomic E-state index is 0.563. The van der Waals surface area contributed by atoms with Crippen LogP contribution in [0.4, 0.5) is 0 Å². The van der Waals surface area contributed by atoms with E-state index >= 15 is 0 Å². The van der Waals surface area contributed by atoms with Gasteiger partial charge in [-0.2, -0.15) is 0 Å². The molecule has 0 atom stereocenters. The van der Waals surface area contributed by atoms with E-state index in [0.717, 1.165) is 55.0 Å². The molecular formula is C22H31N5O2. The first-order valence-electron chi connectivity index (χ1n) is 10.1. The summed E-state index contributed by atoms with van der Waals surface area (Å²) in [7, 11) is 1.97. The van der Waals surface area contributed by atoms with E-state index in [9.17, 15) is 4.79 Å². The van der Waals surface area contributed by atoms with Gasteiger partial charge < -0.3 is 14.4 Å². The molecule has 7 heteroatoms. The van der Waals surface area contributed by atoms with Crippen molar-refractivity contribution in [2.24, 2.45) is 0 Å². The van der Waals surface area contributed by atoms with Crippen molar-refractivity contribution >= 4 is 23.0 Å². The van der Waals surface area contributed by atoms with Crippen LogP contribution in [0.3, 0.4) is 0 Å². The molecule has 0 saturated carbocycles. The summed E-state index contributed by atoms with van der Waals surface area (Å²) in [4.78, 5) is 20.4. The average molecular weight is 398 g/mol. The lowest BCUT2D eigenvalue weighted by molar-refractivity contribution is -0.124. The molecule has 2 aromatic rings. The third-order valence-electron chi connectivity index (χ3n) is 4.75. The average Bonchev–Trinajstić information content (AvgIpc) is 3.07. The van der Waals surface area contributed by atoms with Gasteiger partial charge in [-0.25, -0.2) is 10.5 Å². The maximum Gasteiger partial charge on any atom is 0.267 e. The molecule has 0 aliphatic carbocycles. The van der Waals surface area contributed by atoms with Crippen molar-refractivity contribution in [3.63, 3.8) is 0 Å². The number of hydroxylamine groups is 1. The SMILES string of the molecule is CCC#CN(C)Cc1nc2cc(/C=C/C(=O)NO)ccc2n1CCN(CC)CC.